The molecule has 0 aliphatic heterocycles. The van der Waals surface area contributed by atoms with E-state index >= 15 is 0 Å². The monoisotopic (exact) mass is 330 g/mol. The smallest absolute Gasteiger partial charge is 0.337 e. The van der Waals surface area contributed by atoms with E-state index in [0.717, 1.165) is 19.0 Å². The number of nitrogens with one attached hydrogen (secondary N) is 1. The van der Waals surface area contributed by atoms with Crippen LogP contribution in [0.5, 0.6) is 0 Å². The molecule has 24 heavy (non-hydrogen) atoms. The number of hydrogen-bond donors (Lipinski definition) is 2. The zero-order chi connectivity index (χ0) is 17.3. The zero-order valence-corrected chi connectivity index (χ0v) is 13.4. The molecule has 0 radical (unpaired) electrons. The highest BCUT2D eigenvalue weighted by Crippen LogP contribution is 2.38. The number of carboxylic acid groups (broad SMARTS) is 1. The largest absolute Gasteiger partial charge is 0.478 e. The fraction of sp³-hybridized carbons (Fsp3) is 0.438. The molecule has 8 nitrogen and oxygen atoms in total. The molecule has 1 amide bonds. The van der Waals surface area contributed by atoms with Gasteiger partial charge in [0.25, 0.3) is 5.91 Å². The predicted molar refractivity (Wildman–Crippen MR) is 82.5 cm³/mol. The molecule has 126 valence electrons. The number of amides is 1. The molecule has 1 aliphatic carbocycles. The van der Waals surface area contributed by atoms with Crippen LogP contribution >= 0.6 is 0 Å². The number of carboxylic acids is 1. The van der Waals surface area contributed by atoms with Crippen molar-refractivity contribution in [2.75, 3.05) is 0 Å². The van der Waals surface area contributed by atoms with Crippen molar-refractivity contribution in [1.29, 1.82) is 0 Å². The van der Waals surface area contributed by atoms with E-state index in [-0.39, 0.29) is 17.2 Å². The maximum absolute atomic E-state index is 12.4. The SMILES string of the molecule is CC(C)C(NC(=O)c1ccc(C(=O)O)cn1)c1nc(C2CC2)no1. The standard InChI is InChI=1S/C16H18N4O4/c1-8(2)12(15-19-13(20-24-15)9-3-4-9)18-14(21)11-6-5-10(7-17-11)16(22)23/h5-9,12H,3-4H2,1-2H3,(H,18,21)(H,22,23). The van der Waals surface area contributed by atoms with Gasteiger partial charge in [-0.2, -0.15) is 4.98 Å². The van der Waals surface area contributed by atoms with Crippen LogP contribution in [0.15, 0.2) is 22.9 Å². The van der Waals surface area contributed by atoms with Gasteiger partial charge in [-0.25, -0.2) is 4.79 Å². The third kappa shape index (κ3) is 3.42. The molecule has 2 aromatic heterocycles. The lowest BCUT2D eigenvalue weighted by Crippen LogP contribution is -2.32. The number of aromatic carboxylic acids is 1. The molecule has 1 aliphatic rings. The predicted octanol–water partition coefficient (Wildman–Crippen LogP) is 2.17. The molecule has 3 rings (SSSR count). The van der Waals surface area contributed by atoms with Crippen molar-refractivity contribution in [2.45, 2.75) is 38.6 Å². The van der Waals surface area contributed by atoms with Gasteiger partial charge in [0.05, 0.1) is 5.56 Å². The van der Waals surface area contributed by atoms with E-state index in [4.69, 9.17) is 9.63 Å². The highest BCUT2D eigenvalue weighted by molar-refractivity contribution is 5.93. The molecule has 0 aromatic carbocycles. The summed E-state index contributed by atoms with van der Waals surface area (Å²) < 4.78 is 5.30. The molecule has 1 fully saturated rings. The minimum Gasteiger partial charge on any atom is -0.478 e. The van der Waals surface area contributed by atoms with E-state index in [0.29, 0.717) is 17.6 Å². The first-order valence-electron chi connectivity index (χ1n) is 7.79. The van der Waals surface area contributed by atoms with Crippen LogP contribution in [0.4, 0.5) is 0 Å². The van der Waals surface area contributed by atoms with E-state index in [9.17, 15) is 9.59 Å². The van der Waals surface area contributed by atoms with Gasteiger partial charge in [0.15, 0.2) is 5.82 Å². The number of carbonyl (C=O) groups excluding carboxylic acids is 1. The number of hydrogen-bond acceptors (Lipinski definition) is 6. The first kappa shape index (κ1) is 16.1. The Hall–Kier alpha value is -2.77. The Labute approximate surface area is 138 Å². The lowest BCUT2D eigenvalue weighted by molar-refractivity contribution is 0.0695. The van der Waals surface area contributed by atoms with E-state index in [1.54, 1.807) is 0 Å². The maximum atomic E-state index is 12.4. The molecule has 2 heterocycles. The molecular formula is C16H18N4O4. The van der Waals surface area contributed by atoms with Gasteiger partial charge in [-0.3, -0.25) is 9.78 Å². The van der Waals surface area contributed by atoms with Gasteiger partial charge in [0.2, 0.25) is 5.89 Å². The van der Waals surface area contributed by atoms with Crippen LogP contribution in [0.3, 0.4) is 0 Å². The average molecular weight is 330 g/mol. The molecular weight excluding hydrogens is 312 g/mol. The third-order valence-electron chi connectivity index (χ3n) is 3.86. The summed E-state index contributed by atoms with van der Waals surface area (Å²) in [5, 5.41) is 15.7. The van der Waals surface area contributed by atoms with E-state index < -0.39 is 17.9 Å². The van der Waals surface area contributed by atoms with Gasteiger partial charge in [0, 0.05) is 12.1 Å². The molecule has 0 saturated heterocycles. The van der Waals surface area contributed by atoms with Crippen LogP contribution in [0.2, 0.25) is 0 Å². The molecule has 2 aromatic rings. The highest BCUT2D eigenvalue weighted by atomic mass is 16.5. The Morgan fingerprint density at radius 1 is 1.33 bits per heavy atom. The fourth-order valence-corrected chi connectivity index (χ4v) is 2.26. The second kappa shape index (κ2) is 6.38. The summed E-state index contributed by atoms with van der Waals surface area (Å²) in [6.45, 7) is 3.87. The lowest BCUT2D eigenvalue weighted by Gasteiger charge is -2.18. The molecule has 0 bridgehead atoms. The second-order valence-corrected chi connectivity index (χ2v) is 6.20. The van der Waals surface area contributed by atoms with Gasteiger partial charge in [-0.15, -0.1) is 0 Å². The Bertz CT molecular complexity index is 750. The minimum atomic E-state index is -1.09. The average Bonchev–Trinajstić information content (AvgIpc) is 3.30. The number of aromatic nitrogens is 3. The Balaban J connectivity index is 1.74. The van der Waals surface area contributed by atoms with Crippen molar-refractivity contribution >= 4 is 11.9 Å². The van der Waals surface area contributed by atoms with Crippen LogP contribution in [-0.2, 0) is 0 Å². The summed E-state index contributed by atoms with van der Waals surface area (Å²) in [4.78, 5) is 31.5. The molecule has 8 heteroatoms. The number of pyridine rings is 1. The fourth-order valence-electron chi connectivity index (χ4n) is 2.26. The quantitative estimate of drug-likeness (QED) is 0.833. The summed E-state index contributed by atoms with van der Waals surface area (Å²) in [6.07, 6.45) is 3.29. The third-order valence-corrected chi connectivity index (χ3v) is 3.86. The van der Waals surface area contributed by atoms with E-state index in [2.05, 4.69) is 20.4 Å². The Morgan fingerprint density at radius 3 is 2.62 bits per heavy atom. The van der Waals surface area contributed by atoms with Crippen LogP contribution in [0.25, 0.3) is 0 Å². The summed E-state index contributed by atoms with van der Waals surface area (Å²) in [7, 11) is 0. The summed E-state index contributed by atoms with van der Waals surface area (Å²) in [5.74, 6) is -0.0305. The second-order valence-electron chi connectivity index (χ2n) is 6.20. The summed E-state index contributed by atoms with van der Waals surface area (Å²) in [6, 6.07) is 2.28. The van der Waals surface area contributed by atoms with E-state index in [1.165, 1.54) is 12.1 Å². The molecule has 1 unspecified atom stereocenters. The first-order valence-corrected chi connectivity index (χ1v) is 7.79. The summed E-state index contributed by atoms with van der Waals surface area (Å²) in [5.41, 5.74) is 0.158. The zero-order valence-electron chi connectivity index (χ0n) is 13.4. The van der Waals surface area contributed by atoms with Gasteiger partial charge in [-0.05, 0) is 30.9 Å². The molecule has 1 atom stereocenters. The van der Waals surface area contributed by atoms with Crippen LogP contribution < -0.4 is 5.32 Å². The molecule has 2 N–H and O–H groups in total. The van der Waals surface area contributed by atoms with Gasteiger partial charge in [0.1, 0.15) is 11.7 Å². The maximum Gasteiger partial charge on any atom is 0.337 e. The minimum absolute atomic E-state index is 0.0259. The lowest BCUT2D eigenvalue weighted by atomic mass is 10.0. The Kier molecular flexibility index (Phi) is 4.28. The van der Waals surface area contributed by atoms with Crippen molar-refractivity contribution in [1.82, 2.24) is 20.4 Å². The number of nitrogens with zero attached hydrogens (tertiary/aromatic N) is 3. The van der Waals surface area contributed by atoms with Gasteiger partial charge in [-0.1, -0.05) is 19.0 Å². The Morgan fingerprint density at radius 2 is 2.08 bits per heavy atom. The van der Waals surface area contributed by atoms with Crippen LogP contribution in [0.1, 0.15) is 71.2 Å². The van der Waals surface area contributed by atoms with E-state index in [1.807, 2.05) is 13.8 Å². The van der Waals surface area contributed by atoms with Crippen molar-refractivity contribution in [2.24, 2.45) is 5.92 Å². The van der Waals surface area contributed by atoms with Crippen LogP contribution in [0, 0.1) is 5.92 Å². The van der Waals surface area contributed by atoms with Crippen molar-refractivity contribution in [3.63, 3.8) is 0 Å². The molecule has 1 saturated carbocycles. The van der Waals surface area contributed by atoms with Crippen molar-refractivity contribution in [3.8, 4) is 0 Å². The summed E-state index contributed by atoms with van der Waals surface area (Å²) >= 11 is 0. The highest BCUT2D eigenvalue weighted by Gasteiger charge is 2.31. The van der Waals surface area contributed by atoms with Crippen LogP contribution in [-0.4, -0.2) is 32.1 Å². The normalized spacial score (nSPS) is 15.3. The van der Waals surface area contributed by atoms with Crippen molar-refractivity contribution < 1.29 is 19.2 Å². The van der Waals surface area contributed by atoms with Gasteiger partial charge >= 0.3 is 5.97 Å². The first-order chi connectivity index (χ1) is 11.5. The molecule has 0 spiro atoms. The number of carbonyl (C=O) groups is 2. The number of rotatable bonds is 6. The van der Waals surface area contributed by atoms with Crippen molar-refractivity contribution in [3.05, 3.63) is 41.3 Å². The topological polar surface area (TPSA) is 118 Å². The van der Waals surface area contributed by atoms with Gasteiger partial charge < -0.3 is 14.9 Å².